The molecular weight excluding hydrogens is 402 g/mol. The summed E-state index contributed by atoms with van der Waals surface area (Å²) in [5.41, 5.74) is 1.85. The summed E-state index contributed by atoms with van der Waals surface area (Å²) in [6.45, 7) is 13.0. The predicted molar refractivity (Wildman–Crippen MR) is 127 cm³/mol. The zero-order valence-corrected chi connectivity index (χ0v) is 20.2. The van der Waals surface area contributed by atoms with Gasteiger partial charge in [0.05, 0.1) is 5.69 Å². The fourth-order valence-electron chi connectivity index (χ4n) is 3.99. The molecule has 0 saturated carbocycles. The molecule has 7 nitrogen and oxygen atoms in total. The van der Waals surface area contributed by atoms with E-state index in [4.69, 9.17) is 4.98 Å². The van der Waals surface area contributed by atoms with Gasteiger partial charge in [0.25, 0.3) is 5.91 Å². The van der Waals surface area contributed by atoms with E-state index < -0.39 is 11.5 Å². The van der Waals surface area contributed by atoms with E-state index in [0.29, 0.717) is 24.7 Å². The molecular formula is C25H37N5O2. The number of amides is 2. The van der Waals surface area contributed by atoms with Crippen LogP contribution in [-0.4, -0.2) is 52.4 Å². The number of nitrogens with one attached hydrogen (secondary N) is 2. The SMILES string of the molecule is CC(C)CNC(=O)C(NC(=O)c1nc(-c2ccccc2)n2c1CN(C)CCC2)C(C)(C)C. The summed E-state index contributed by atoms with van der Waals surface area (Å²) < 4.78 is 2.17. The Morgan fingerprint density at radius 1 is 1.12 bits per heavy atom. The number of carbonyl (C=O) groups is 2. The highest BCUT2D eigenvalue weighted by molar-refractivity contribution is 5.98. The highest BCUT2D eigenvalue weighted by Crippen LogP contribution is 2.27. The minimum Gasteiger partial charge on any atom is -0.354 e. The molecule has 2 N–H and O–H groups in total. The van der Waals surface area contributed by atoms with Gasteiger partial charge in [0, 0.05) is 25.2 Å². The molecule has 1 unspecified atom stereocenters. The van der Waals surface area contributed by atoms with Crippen LogP contribution in [0, 0.1) is 11.3 Å². The lowest BCUT2D eigenvalue weighted by Gasteiger charge is -2.30. The highest BCUT2D eigenvalue weighted by atomic mass is 16.2. The fraction of sp³-hybridized carbons (Fsp3) is 0.560. The quantitative estimate of drug-likeness (QED) is 0.724. The van der Waals surface area contributed by atoms with Gasteiger partial charge in [-0.2, -0.15) is 0 Å². The van der Waals surface area contributed by atoms with Crippen LogP contribution in [0.25, 0.3) is 11.4 Å². The number of aromatic nitrogens is 2. The maximum atomic E-state index is 13.5. The van der Waals surface area contributed by atoms with Crippen LogP contribution in [0.4, 0.5) is 0 Å². The van der Waals surface area contributed by atoms with Gasteiger partial charge in [-0.3, -0.25) is 9.59 Å². The van der Waals surface area contributed by atoms with Crippen molar-refractivity contribution in [2.75, 3.05) is 20.1 Å². The summed E-state index contributed by atoms with van der Waals surface area (Å²) in [5, 5.41) is 5.97. The standard InChI is InChI=1S/C25H37N5O2/c1-17(2)15-26-24(32)21(25(3,4)5)28-23(31)20-19-16-29(6)13-10-14-30(19)22(27-20)18-11-8-7-9-12-18/h7-9,11-12,17,21H,10,13-16H2,1-6H3,(H,26,32)(H,28,31). The average molecular weight is 440 g/mol. The second-order valence-corrected chi connectivity index (χ2v) is 10.3. The van der Waals surface area contributed by atoms with Crippen molar-refractivity contribution < 1.29 is 9.59 Å². The molecule has 0 radical (unpaired) electrons. The van der Waals surface area contributed by atoms with Crippen molar-refractivity contribution in [2.24, 2.45) is 11.3 Å². The molecule has 0 saturated heterocycles. The molecule has 0 bridgehead atoms. The number of fused-ring (bicyclic) bond motifs is 1. The smallest absolute Gasteiger partial charge is 0.272 e. The van der Waals surface area contributed by atoms with Gasteiger partial charge in [-0.15, -0.1) is 0 Å². The summed E-state index contributed by atoms with van der Waals surface area (Å²) in [7, 11) is 2.06. The van der Waals surface area contributed by atoms with Crippen LogP contribution in [0.2, 0.25) is 0 Å². The first-order chi connectivity index (χ1) is 15.1. The lowest BCUT2D eigenvalue weighted by molar-refractivity contribution is -0.125. The van der Waals surface area contributed by atoms with Crippen LogP contribution < -0.4 is 10.6 Å². The van der Waals surface area contributed by atoms with Gasteiger partial charge in [0.15, 0.2) is 5.69 Å². The lowest BCUT2D eigenvalue weighted by Crippen LogP contribution is -2.54. The van der Waals surface area contributed by atoms with Crippen molar-refractivity contribution >= 4 is 11.8 Å². The number of hydrogen-bond acceptors (Lipinski definition) is 4. The minimum absolute atomic E-state index is 0.162. The van der Waals surface area contributed by atoms with E-state index in [1.165, 1.54) is 0 Å². The van der Waals surface area contributed by atoms with E-state index >= 15 is 0 Å². The molecule has 3 rings (SSSR count). The van der Waals surface area contributed by atoms with Crippen LogP contribution in [0.5, 0.6) is 0 Å². The molecule has 1 atom stereocenters. The Labute approximate surface area is 191 Å². The molecule has 1 aliphatic heterocycles. The molecule has 1 aromatic heterocycles. The molecule has 0 spiro atoms. The van der Waals surface area contributed by atoms with Crippen molar-refractivity contribution in [3.05, 3.63) is 41.7 Å². The Morgan fingerprint density at radius 3 is 2.44 bits per heavy atom. The molecule has 0 aliphatic carbocycles. The van der Waals surface area contributed by atoms with Crippen molar-refractivity contribution in [3.63, 3.8) is 0 Å². The van der Waals surface area contributed by atoms with Crippen molar-refractivity contribution in [1.29, 1.82) is 0 Å². The van der Waals surface area contributed by atoms with E-state index in [-0.39, 0.29) is 11.8 Å². The van der Waals surface area contributed by atoms with Gasteiger partial charge in [0.1, 0.15) is 11.9 Å². The largest absolute Gasteiger partial charge is 0.354 e. The summed E-state index contributed by atoms with van der Waals surface area (Å²) in [6.07, 6.45) is 0.989. The lowest BCUT2D eigenvalue weighted by atomic mass is 9.86. The van der Waals surface area contributed by atoms with E-state index in [1.807, 2.05) is 65.0 Å². The predicted octanol–water partition coefficient (Wildman–Crippen LogP) is 3.30. The molecule has 7 heteroatoms. The Balaban J connectivity index is 1.96. The number of benzene rings is 1. The Bertz CT molecular complexity index is 943. The van der Waals surface area contributed by atoms with Crippen molar-refractivity contribution in [1.82, 2.24) is 25.1 Å². The van der Waals surface area contributed by atoms with Gasteiger partial charge in [0.2, 0.25) is 5.91 Å². The van der Waals surface area contributed by atoms with Crippen LogP contribution in [-0.2, 0) is 17.9 Å². The Morgan fingerprint density at radius 2 is 1.81 bits per heavy atom. The number of hydrogen-bond donors (Lipinski definition) is 2. The van der Waals surface area contributed by atoms with Crippen LogP contribution >= 0.6 is 0 Å². The molecule has 2 amide bonds. The second-order valence-electron chi connectivity index (χ2n) is 10.3. The summed E-state index contributed by atoms with van der Waals surface area (Å²) in [4.78, 5) is 33.4. The number of nitrogens with zero attached hydrogens (tertiary/aromatic N) is 3. The molecule has 32 heavy (non-hydrogen) atoms. The van der Waals surface area contributed by atoms with Gasteiger partial charge in [-0.1, -0.05) is 65.0 Å². The van der Waals surface area contributed by atoms with Crippen LogP contribution in [0.1, 0.15) is 57.2 Å². The van der Waals surface area contributed by atoms with Gasteiger partial charge in [-0.25, -0.2) is 4.98 Å². The zero-order chi connectivity index (χ0) is 23.5. The third kappa shape index (κ3) is 5.57. The Kier molecular flexibility index (Phi) is 7.39. The number of carbonyl (C=O) groups excluding carboxylic acids is 2. The maximum Gasteiger partial charge on any atom is 0.272 e. The van der Waals surface area contributed by atoms with E-state index in [9.17, 15) is 9.59 Å². The van der Waals surface area contributed by atoms with Crippen molar-refractivity contribution in [2.45, 2.75) is 60.2 Å². The van der Waals surface area contributed by atoms with E-state index in [2.05, 4.69) is 27.1 Å². The zero-order valence-electron chi connectivity index (χ0n) is 20.2. The third-order valence-corrected chi connectivity index (χ3v) is 5.75. The van der Waals surface area contributed by atoms with Gasteiger partial charge >= 0.3 is 0 Å². The van der Waals surface area contributed by atoms with Gasteiger partial charge in [-0.05, 0) is 31.3 Å². The fourth-order valence-corrected chi connectivity index (χ4v) is 3.99. The summed E-state index contributed by atoms with van der Waals surface area (Å²) >= 11 is 0. The topological polar surface area (TPSA) is 79.3 Å². The molecule has 2 aromatic rings. The normalized spacial score (nSPS) is 15.7. The monoisotopic (exact) mass is 439 g/mol. The maximum absolute atomic E-state index is 13.5. The number of rotatable bonds is 6. The third-order valence-electron chi connectivity index (χ3n) is 5.75. The van der Waals surface area contributed by atoms with Gasteiger partial charge < -0.3 is 20.1 Å². The highest BCUT2D eigenvalue weighted by Gasteiger charge is 2.35. The summed E-state index contributed by atoms with van der Waals surface area (Å²) in [6, 6.07) is 9.31. The van der Waals surface area contributed by atoms with Crippen molar-refractivity contribution in [3.8, 4) is 11.4 Å². The molecule has 174 valence electrons. The first-order valence-corrected chi connectivity index (χ1v) is 11.5. The van der Waals surface area contributed by atoms with Crippen LogP contribution in [0.15, 0.2) is 30.3 Å². The minimum atomic E-state index is -0.658. The first-order valence-electron chi connectivity index (χ1n) is 11.5. The average Bonchev–Trinajstić information content (AvgIpc) is 2.96. The number of imidazole rings is 1. The second kappa shape index (κ2) is 9.86. The molecule has 1 aromatic carbocycles. The van der Waals surface area contributed by atoms with E-state index in [0.717, 1.165) is 36.6 Å². The molecule has 2 heterocycles. The van der Waals surface area contributed by atoms with Crippen LogP contribution in [0.3, 0.4) is 0 Å². The summed E-state index contributed by atoms with van der Waals surface area (Å²) in [5.74, 6) is 0.678. The molecule has 0 fully saturated rings. The van der Waals surface area contributed by atoms with E-state index in [1.54, 1.807) is 0 Å². The Hall–Kier alpha value is -2.67. The first kappa shape index (κ1) is 24.0. The molecule has 1 aliphatic rings.